The quantitative estimate of drug-likeness (QED) is 0.404. The highest BCUT2D eigenvalue weighted by Crippen LogP contribution is 2.26. The van der Waals surface area contributed by atoms with Crippen LogP contribution in [0.5, 0.6) is 5.75 Å². The van der Waals surface area contributed by atoms with Gasteiger partial charge in [-0.1, -0.05) is 25.1 Å². The molecule has 0 bridgehead atoms. The second-order valence-corrected chi connectivity index (χ2v) is 5.74. The molecule has 0 spiro atoms. The molecule has 9 heteroatoms. The van der Waals surface area contributed by atoms with E-state index >= 15 is 0 Å². The summed E-state index contributed by atoms with van der Waals surface area (Å²) in [5, 5.41) is 6.13. The van der Waals surface area contributed by atoms with Crippen molar-refractivity contribution in [3.8, 4) is 5.75 Å². The fraction of sp³-hybridized carbons (Fsp3) is 0.533. The number of nitrogens with one attached hydrogen (secondary N) is 2. The molecular formula is C15H21F3IN3O2. The zero-order valence-corrected chi connectivity index (χ0v) is 15.8. The van der Waals surface area contributed by atoms with Gasteiger partial charge in [-0.05, 0) is 6.07 Å². The summed E-state index contributed by atoms with van der Waals surface area (Å²) in [6.07, 6.45) is -4.71. The summed E-state index contributed by atoms with van der Waals surface area (Å²) in [7, 11) is 1.60. The summed E-state index contributed by atoms with van der Waals surface area (Å²) >= 11 is 0. The number of hydrogen-bond donors (Lipinski definition) is 2. The van der Waals surface area contributed by atoms with E-state index in [2.05, 4.69) is 27.3 Å². The molecule has 0 radical (unpaired) electrons. The van der Waals surface area contributed by atoms with E-state index in [1.54, 1.807) is 19.2 Å². The number of alkyl halides is 3. The molecule has 1 aliphatic heterocycles. The summed E-state index contributed by atoms with van der Waals surface area (Å²) in [5.41, 5.74) is 0.459. The molecule has 5 nitrogen and oxygen atoms in total. The Morgan fingerprint density at radius 1 is 1.29 bits per heavy atom. The van der Waals surface area contributed by atoms with Gasteiger partial charge in [0, 0.05) is 31.1 Å². The minimum absolute atomic E-state index is 0. The fourth-order valence-corrected chi connectivity index (χ4v) is 2.12. The van der Waals surface area contributed by atoms with Gasteiger partial charge in [0.25, 0.3) is 0 Å². The Hall–Kier alpha value is -1.23. The predicted molar refractivity (Wildman–Crippen MR) is 95.7 cm³/mol. The highest BCUT2D eigenvalue weighted by molar-refractivity contribution is 14.0. The molecule has 1 aromatic rings. The predicted octanol–water partition coefficient (Wildman–Crippen LogP) is 2.90. The summed E-state index contributed by atoms with van der Waals surface area (Å²) in [5.74, 6) is 0.294. The highest BCUT2D eigenvalue weighted by atomic mass is 127. The van der Waals surface area contributed by atoms with Gasteiger partial charge in [0.15, 0.2) is 5.96 Å². The molecule has 0 atom stereocenters. The standard InChI is InChI=1S/C15H20F3N3O2.HI/c1-14(9-22-10-14)8-21-13(19-2)20-7-11-5-3-4-6-12(11)23-15(16,17)18;/h3-6H,7-10H2,1-2H3,(H2,19,20,21);1H. The first kappa shape index (κ1) is 20.8. The van der Waals surface area contributed by atoms with Crippen molar-refractivity contribution in [1.82, 2.24) is 10.6 Å². The van der Waals surface area contributed by atoms with Crippen LogP contribution < -0.4 is 15.4 Å². The number of halogens is 4. The van der Waals surface area contributed by atoms with Gasteiger partial charge < -0.3 is 20.1 Å². The van der Waals surface area contributed by atoms with E-state index in [0.717, 1.165) is 0 Å². The Bertz CT molecular complexity index is 563. The van der Waals surface area contributed by atoms with Crippen LogP contribution in [0.3, 0.4) is 0 Å². The number of benzene rings is 1. The first-order valence-electron chi connectivity index (χ1n) is 7.17. The molecular weight excluding hydrogens is 438 g/mol. The van der Waals surface area contributed by atoms with Crippen LogP contribution in [0.2, 0.25) is 0 Å². The average Bonchev–Trinajstić information content (AvgIpc) is 2.45. The van der Waals surface area contributed by atoms with Crippen LogP contribution in [0.25, 0.3) is 0 Å². The van der Waals surface area contributed by atoms with Gasteiger partial charge >= 0.3 is 6.36 Å². The number of para-hydroxylation sites is 1. The Labute approximate surface area is 156 Å². The second kappa shape index (κ2) is 8.75. The lowest BCUT2D eigenvalue weighted by atomic mass is 9.89. The lowest BCUT2D eigenvalue weighted by molar-refractivity contribution is -0.274. The maximum absolute atomic E-state index is 12.4. The van der Waals surface area contributed by atoms with Crippen LogP contribution in [-0.2, 0) is 11.3 Å². The van der Waals surface area contributed by atoms with Gasteiger partial charge in [-0.2, -0.15) is 0 Å². The fourth-order valence-electron chi connectivity index (χ4n) is 2.12. The lowest BCUT2D eigenvalue weighted by Gasteiger charge is -2.38. The Morgan fingerprint density at radius 3 is 2.50 bits per heavy atom. The third kappa shape index (κ3) is 6.34. The number of rotatable bonds is 5. The van der Waals surface area contributed by atoms with Crippen LogP contribution in [-0.4, -0.2) is 39.1 Å². The van der Waals surface area contributed by atoms with E-state index in [-0.39, 0.29) is 41.7 Å². The third-order valence-electron chi connectivity index (χ3n) is 3.45. The number of hydrogen-bond acceptors (Lipinski definition) is 3. The minimum Gasteiger partial charge on any atom is -0.405 e. The Morgan fingerprint density at radius 2 is 1.96 bits per heavy atom. The molecule has 2 rings (SSSR count). The molecule has 0 aromatic heterocycles. The average molecular weight is 459 g/mol. The molecule has 1 fully saturated rings. The van der Waals surface area contributed by atoms with E-state index in [1.165, 1.54) is 12.1 Å². The van der Waals surface area contributed by atoms with Crippen molar-refractivity contribution in [3.63, 3.8) is 0 Å². The highest BCUT2D eigenvalue weighted by Gasteiger charge is 2.33. The van der Waals surface area contributed by atoms with Gasteiger partial charge in [0.1, 0.15) is 5.75 Å². The summed E-state index contributed by atoms with van der Waals surface area (Å²) in [6, 6.07) is 6.01. The van der Waals surface area contributed by atoms with Gasteiger partial charge in [0.2, 0.25) is 0 Å². The van der Waals surface area contributed by atoms with E-state index < -0.39 is 6.36 Å². The van der Waals surface area contributed by atoms with Crippen LogP contribution >= 0.6 is 24.0 Å². The molecule has 1 aromatic carbocycles. The number of guanidine groups is 1. The number of aliphatic imine (C=N–C) groups is 1. The molecule has 2 N–H and O–H groups in total. The van der Waals surface area contributed by atoms with Gasteiger partial charge in [0.05, 0.1) is 13.2 Å². The van der Waals surface area contributed by atoms with Gasteiger partial charge in [-0.15, -0.1) is 37.1 Å². The molecule has 0 amide bonds. The van der Waals surface area contributed by atoms with Crippen LogP contribution in [0.1, 0.15) is 12.5 Å². The van der Waals surface area contributed by atoms with Crippen molar-refractivity contribution < 1.29 is 22.6 Å². The SMILES string of the molecule is CN=C(NCc1ccccc1OC(F)(F)F)NCC1(C)COC1.I. The van der Waals surface area contributed by atoms with Gasteiger partial charge in [-0.3, -0.25) is 4.99 Å². The smallest absolute Gasteiger partial charge is 0.405 e. The molecule has 136 valence electrons. The summed E-state index contributed by atoms with van der Waals surface area (Å²) in [4.78, 5) is 4.06. The third-order valence-corrected chi connectivity index (χ3v) is 3.45. The zero-order chi connectivity index (χ0) is 16.9. The van der Waals surface area contributed by atoms with Crippen molar-refractivity contribution >= 4 is 29.9 Å². The summed E-state index contributed by atoms with van der Waals surface area (Å²) < 4.78 is 46.4. The Kier molecular flexibility index (Phi) is 7.58. The molecule has 1 saturated heterocycles. The molecule has 0 aliphatic carbocycles. The molecule has 24 heavy (non-hydrogen) atoms. The Balaban J connectivity index is 0.00000288. The number of nitrogens with zero attached hydrogens (tertiary/aromatic N) is 1. The first-order valence-corrected chi connectivity index (χ1v) is 7.17. The van der Waals surface area contributed by atoms with E-state index in [0.29, 0.717) is 31.3 Å². The monoisotopic (exact) mass is 459 g/mol. The molecule has 0 unspecified atom stereocenters. The maximum Gasteiger partial charge on any atom is 0.573 e. The molecule has 0 saturated carbocycles. The zero-order valence-electron chi connectivity index (χ0n) is 13.4. The largest absolute Gasteiger partial charge is 0.573 e. The maximum atomic E-state index is 12.4. The van der Waals surface area contributed by atoms with E-state index in [1.807, 2.05) is 0 Å². The van der Waals surface area contributed by atoms with Crippen LogP contribution in [0.4, 0.5) is 13.2 Å². The van der Waals surface area contributed by atoms with Crippen molar-refractivity contribution in [2.24, 2.45) is 10.4 Å². The van der Waals surface area contributed by atoms with Gasteiger partial charge in [-0.25, -0.2) is 0 Å². The van der Waals surface area contributed by atoms with Crippen LogP contribution in [0, 0.1) is 5.41 Å². The van der Waals surface area contributed by atoms with Crippen molar-refractivity contribution in [2.45, 2.75) is 19.8 Å². The van der Waals surface area contributed by atoms with Crippen molar-refractivity contribution in [1.29, 1.82) is 0 Å². The minimum atomic E-state index is -4.71. The van der Waals surface area contributed by atoms with Crippen LogP contribution in [0.15, 0.2) is 29.3 Å². The van der Waals surface area contributed by atoms with Crippen molar-refractivity contribution in [3.05, 3.63) is 29.8 Å². The lowest BCUT2D eigenvalue weighted by Crippen LogP contribution is -2.50. The van der Waals surface area contributed by atoms with E-state index in [4.69, 9.17) is 4.74 Å². The topological polar surface area (TPSA) is 54.9 Å². The first-order chi connectivity index (χ1) is 10.8. The normalized spacial score (nSPS) is 16.6. The number of ether oxygens (including phenoxy) is 2. The molecule has 1 aliphatic rings. The van der Waals surface area contributed by atoms with E-state index in [9.17, 15) is 13.2 Å². The second-order valence-electron chi connectivity index (χ2n) is 5.74. The summed E-state index contributed by atoms with van der Waals surface area (Å²) in [6.45, 7) is 4.29. The van der Waals surface area contributed by atoms with Crippen molar-refractivity contribution in [2.75, 3.05) is 26.8 Å². The molecule has 1 heterocycles.